The number of benzene rings is 1. The Hall–Kier alpha value is -1.75. The van der Waals surface area contributed by atoms with E-state index in [4.69, 9.17) is 15.2 Å². The van der Waals surface area contributed by atoms with Crippen molar-refractivity contribution in [3.05, 3.63) is 23.3 Å². The maximum Gasteiger partial charge on any atom is 0.220 e. The summed E-state index contributed by atoms with van der Waals surface area (Å²) in [5.74, 6) is 1.36. The first-order valence-electron chi connectivity index (χ1n) is 6.75. The van der Waals surface area contributed by atoms with Crippen LogP contribution in [-0.4, -0.2) is 26.7 Å². The van der Waals surface area contributed by atoms with Crippen molar-refractivity contribution < 1.29 is 14.3 Å². The molecule has 1 unspecified atom stereocenters. The van der Waals surface area contributed by atoms with Crippen LogP contribution in [0.15, 0.2) is 12.1 Å². The Labute approximate surface area is 120 Å². The molecule has 0 heterocycles. The minimum absolute atomic E-state index is 0.0112. The van der Waals surface area contributed by atoms with Gasteiger partial charge in [-0.1, -0.05) is 0 Å². The number of aryl methyl sites for hydroxylation is 1. The molecule has 0 aliphatic carbocycles. The Bertz CT molecular complexity index is 461. The lowest BCUT2D eigenvalue weighted by atomic mass is 10.0. The van der Waals surface area contributed by atoms with Gasteiger partial charge in [-0.2, -0.15) is 0 Å². The predicted octanol–water partition coefficient (Wildman–Crippen LogP) is 1.93. The average Bonchev–Trinajstić information content (AvgIpc) is 2.44. The molecule has 0 spiro atoms. The fourth-order valence-electron chi connectivity index (χ4n) is 2.12. The van der Waals surface area contributed by atoms with Crippen LogP contribution in [0.3, 0.4) is 0 Å². The van der Waals surface area contributed by atoms with Crippen LogP contribution in [0.1, 0.15) is 36.9 Å². The minimum Gasteiger partial charge on any atom is -0.493 e. The molecule has 5 nitrogen and oxygen atoms in total. The second-order valence-corrected chi connectivity index (χ2v) is 4.75. The Kier molecular flexibility index (Phi) is 6.31. The van der Waals surface area contributed by atoms with Gasteiger partial charge in [0.25, 0.3) is 0 Å². The molecule has 0 aliphatic heterocycles. The molecule has 0 bridgehead atoms. The quantitative estimate of drug-likeness (QED) is 0.800. The number of nitrogens with one attached hydrogen (secondary N) is 1. The van der Waals surface area contributed by atoms with Gasteiger partial charge in [-0.15, -0.1) is 0 Å². The van der Waals surface area contributed by atoms with Gasteiger partial charge in [0.15, 0.2) is 11.5 Å². The lowest BCUT2D eigenvalue weighted by Crippen LogP contribution is -2.27. The zero-order valence-corrected chi connectivity index (χ0v) is 12.7. The molecule has 20 heavy (non-hydrogen) atoms. The summed E-state index contributed by atoms with van der Waals surface area (Å²) in [5, 5.41) is 2.97. The summed E-state index contributed by atoms with van der Waals surface area (Å²) in [7, 11) is 3.20. The van der Waals surface area contributed by atoms with E-state index in [0.717, 1.165) is 11.1 Å². The van der Waals surface area contributed by atoms with E-state index in [1.165, 1.54) is 0 Å². The van der Waals surface area contributed by atoms with E-state index < -0.39 is 0 Å². The number of nitrogens with two attached hydrogens (primary N) is 1. The van der Waals surface area contributed by atoms with Crippen molar-refractivity contribution in [3.8, 4) is 11.5 Å². The number of hydrogen-bond donors (Lipinski definition) is 2. The Morgan fingerprint density at radius 3 is 2.45 bits per heavy atom. The summed E-state index contributed by atoms with van der Waals surface area (Å²) in [6.07, 6.45) is 1.15. The maximum absolute atomic E-state index is 11.8. The zero-order valence-electron chi connectivity index (χ0n) is 12.7. The van der Waals surface area contributed by atoms with E-state index in [9.17, 15) is 4.79 Å². The number of ether oxygens (including phenoxy) is 2. The third-order valence-electron chi connectivity index (χ3n) is 3.22. The van der Waals surface area contributed by atoms with E-state index in [1.54, 1.807) is 14.2 Å². The molecule has 1 aromatic carbocycles. The minimum atomic E-state index is -0.0833. The largest absolute Gasteiger partial charge is 0.493 e. The molecule has 1 rings (SSSR count). The Morgan fingerprint density at radius 1 is 1.30 bits per heavy atom. The summed E-state index contributed by atoms with van der Waals surface area (Å²) in [6.45, 7) is 4.46. The number of rotatable bonds is 7. The van der Waals surface area contributed by atoms with Crippen molar-refractivity contribution in [2.45, 2.75) is 32.7 Å². The lowest BCUT2D eigenvalue weighted by molar-refractivity contribution is -0.121. The van der Waals surface area contributed by atoms with E-state index in [1.807, 2.05) is 26.0 Å². The van der Waals surface area contributed by atoms with Crippen LogP contribution >= 0.6 is 0 Å². The van der Waals surface area contributed by atoms with Crippen molar-refractivity contribution in [1.82, 2.24) is 5.32 Å². The number of carbonyl (C=O) groups excluding carboxylic acids is 1. The van der Waals surface area contributed by atoms with Crippen molar-refractivity contribution >= 4 is 5.91 Å². The van der Waals surface area contributed by atoms with Crippen LogP contribution in [0, 0.1) is 6.92 Å². The second-order valence-electron chi connectivity index (χ2n) is 4.75. The summed E-state index contributed by atoms with van der Waals surface area (Å²) in [6, 6.07) is 3.73. The lowest BCUT2D eigenvalue weighted by Gasteiger charge is -2.19. The summed E-state index contributed by atoms with van der Waals surface area (Å²) in [5.41, 5.74) is 7.47. The molecule has 3 N–H and O–H groups in total. The van der Waals surface area contributed by atoms with E-state index in [-0.39, 0.29) is 11.9 Å². The van der Waals surface area contributed by atoms with Gasteiger partial charge >= 0.3 is 0 Å². The number of carbonyl (C=O) groups is 1. The molecular weight excluding hydrogens is 256 g/mol. The van der Waals surface area contributed by atoms with E-state index >= 15 is 0 Å². The molecule has 1 amide bonds. The summed E-state index contributed by atoms with van der Waals surface area (Å²) < 4.78 is 10.6. The van der Waals surface area contributed by atoms with Crippen LogP contribution < -0.4 is 20.5 Å². The van der Waals surface area contributed by atoms with E-state index in [2.05, 4.69) is 5.32 Å². The third-order valence-corrected chi connectivity index (χ3v) is 3.22. The second kappa shape index (κ2) is 7.75. The fourth-order valence-corrected chi connectivity index (χ4v) is 2.12. The molecule has 0 saturated heterocycles. The maximum atomic E-state index is 11.8. The first kappa shape index (κ1) is 16.3. The monoisotopic (exact) mass is 280 g/mol. The Morgan fingerprint density at radius 2 is 1.90 bits per heavy atom. The Balaban J connectivity index is 2.87. The van der Waals surface area contributed by atoms with Gasteiger partial charge in [0, 0.05) is 6.42 Å². The van der Waals surface area contributed by atoms with Gasteiger partial charge in [-0.3, -0.25) is 4.79 Å². The molecule has 1 atom stereocenters. The number of hydrogen-bond acceptors (Lipinski definition) is 4. The zero-order chi connectivity index (χ0) is 15.1. The molecule has 1 aromatic rings. The highest BCUT2D eigenvalue weighted by atomic mass is 16.5. The molecule has 112 valence electrons. The normalized spacial score (nSPS) is 11.8. The molecule has 0 radical (unpaired) electrons. The molecule has 0 aromatic heterocycles. The van der Waals surface area contributed by atoms with Crippen molar-refractivity contribution in [2.24, 2.45) is 5.73 Å². The van der Waals surface area contributed by atoms with Crippen LogP contribution in [-0.2, 0) is 4.79 Å². The number of methoxy groups -OCH3 is 2. The first-order valence-corrected chi connectivity index (χ1v) is 6.75. The van der Waals surface area contributed by atoms with Crippen LogP contribution in [0.4, 0.5) is 0 Å². The first-order chi connectivity index (χ1) is 9.53. The van der Waals surface area contributed by atoms with Gasteiger partial charge in [0.2, 0.25) is 5.91 Å². The van der Waals surface area contributed by atoms with E-state index in [0.29, 0.717) is 30.9 Å². The van der Waals surface area contributed by atoms with Crippen molar-refractivity contribution in [1.29, 1.82) is 0 Å². The molecular formula is C15H24N2O3. The van der Waals surface area contributed by atoms with Crippen LogP contribution in [0.2, 0.25) is 0 Å². The van der Waals surface area contributed by atoms with Crippen molar-refractivity contribution in [3.63, 3.8) is 0 Å². The van der Waals surface area contributed by atoms with Crippen LogP contribution in [0.5, 0.6) is 11.5 Å². The van der Waals surface area contributed by atoms with Gasteiger partial charge in [-0.25, -0.2) is 0 Å². The molecule has 0 saturated carbocycles. The SMILES string of the molecule is COc1cc(C)c(C(C)NC(=O)CCCN)cc1OC. The van der Waals surface area contributed by atoms with Gasteiger partial charge < -0.3 is 20.5 Å². The summed E-state index contributed by atoms with van der Waals surface area (Å²) in [4.78, 5) is 11.8. The van der Waals surface area contributed by atoms with Crippen molar-refractivity contribution in [2.75, 3.05) is 20.8 Å². The predicted molar refractivity (Wildman–Crippen MR) is 79.1 cm³/mol. The fraction of sp³-hybridized carbons (Fsp3) is 0.533. The van der Waals surface area contributed by atoms with Gasteiger partial charge in [0.05, 0.1) is 20.3 Å². The van der Waals surface area contributed by atoms with Crippen LogP contribution in [0.25, 0.3) is 0 Å². The number of amides is 1. The summed E-state index contributed by atoms with van der Waals surface area (Å²) >= 11 is 0. The highest BCUT2D eigenvalue weighted by Gasteiger charge is 2.15. The third kappa shape index (κ3) is 4.13. The highest BCUT2D eigenvalue weighted by Crippen LogP contribution is 2.32. The average molecular weight is 280 g/mol. The highest BCUT2D eigenvalue weighted by molar-refractivity contribution is 5.76. The standard InChI is InChI=1S/C15H24N2O3/c1-10-8-13(19-3)14(20-4)9-12(10)11(2)17-15(18)6-5-7-16/h8-9,11H,5-7,16H2,1-4H3,(H,17,18). The molecule has 0 fully saturated rings. The topological polar surface area (TPSA) is 73.6 Å². The molecule has 0 aliphatic rings. The smallest absolute Gasteiger partial charge is 0.220 e. The molecule has 5 heteroatoms. The van der Waals surface area contributed by atoms with Gasteiger partial charge in [-0.05, 0) is 50.1 Å². The van der Waals surface area contributed by atoms with Gasteiger partial charge in [0.1, 0.15) is 0 Å².